The zero-order valence-corrected chi connectivity index (χ0v) is 15.5. The third-order valence-electron chi connectivity index (χ3n) is 4.72. The van der Waals surface area contributed by atoms with E-state index in [1.807, 2.05) is 31.5 Å². The van der Waals surface area contributed by atoms with Gasteiger partial charge < -0.3 is 10.1 Å². The molecule has 24 heavy (non-hydrogen) atoms. The first-order chi connectivity index (χ1) is 11.4. The molecule has 2 rings (SSSR count). The molecule has 7 heteroatoms. The Kier molecular flexibility index (Phi) is 6.77. The molecular weight excluding hydrogens is 306 g/mol. The van der Waals surface area contributed by atoms with Crippen LogP contribution >= 0.6 is 0 Å². The van der Waals surface area contributed by atoms with Crippen molar-refractivity contribution in [3.05, 3.63) is 12.3 Å². The Labute approximate surface area is 144 Å². The van der Waals surface area contributed by atoms with E-state index in [0.29, 0.717) is 6.04 Å². The minimum atomic E-state index is -0.160. The second-order valence-electron chi connectivity index (χ2n) is 6.79. The van der Waals surface area contributed by atoms with Gasteiger partial charge in [0.2, 0.25) is 5.91 Å². The molecule has 0 saturated carbocycles. The largest absolute Gasteiger partial charge is 0.383 e. The highest BCUT2D eigenvalue weighted by Gasteiger charge is 2.29. The fourth-order valence-corrected chi connectivity index (χ4v) is 3.14. The van der Waals surface area contributed by atoms with Crippen molar-refractivity contribution in [1.29, 1.82) is 0 Å². The summed E-state index contributed by atoms with van der Waals surface area (Å²) < 4.78 is 7.00. The van der Waals surface area contributed by atoms with E-state index >= 15 is 0 Å². The van der Waals surface area contributed by atoms with Gasteiger partial charge in [-0.25, -0.2) is 4.68 Å². The normalized spacial score (nSPS) is 21.2. The van der Waals surface area contributed by atoms with Crippen molar-refractivity contribution in [1.82, 2.24) is 19.6 Å². The van der Waals surface area contributed by atoms with Crippen LogP contribution in [0.2, 0.25) is 0 Å². The van der Waals surface area contributed by atoms with Gasteiger partial charge in [-0.15, -0.1) is 0 Å². The van der Waals surface area contributed by atoms with Gasteiger partial charge >= 0.3 is 0 Å². The molecule has 1 aliphatic rings. The predicted molar refractivity (Wildman–Crippen MR) is 95.2 cm³/mol. The van der Waals surface area contributed by atoms with Crippen LogP contribution in [-0.2, 0) is 9.53 Å². The zero-order valence-electron chi connectivity index (χ0n) is 15.5. The summed E-state index contributed by atoms with van der Waals surface area (Å²) in [5.41, 5.74) is 0. The van der Waals surface area contributed by atoms with Crippen LogP contribution in [0.5, 0.6) is 0 Å². The van der Waals surface area contributed by atoms with Gasteiger partial charge in [0.25, 0.3) is 0 Å². The summed E-state index contributed by atoms with van der Waals surface area (Å²) in [6.45, 7) is 12.7. The van der Waals surface area contributed by atoms with Gasteiger partial charge in [-0.1, -0.05) is 0 Å². The van der Waals surface area contributed by atoms with Crippen LogP contribution in [0.4, 0.5) is 5.82 Å². The van der Waals surface area contributed by atoms with Crippen LogP contribution in [0.3, 0.4) is 0 Å². The molecule has 0 spiro atoms. The van der Waals surface area contributed by atoms with E-state index in [2.05, 4.69) is 27.1 Å². The number of piperazine rings is 1. The molecular formula is C17H31N5O2. The fourth-order valence-electron chi connectivity index (χ4n) is 3.14. The van der Waals surface area contributed by atoms with Crippen molar-refractivity contribution in [3.8, 4) is 0 Å². The smallest absolute Gasteiger partial charge is 0.242 e. The minimum absolute atomic E-state index is 0.0231. The molecule has 2 heterocycles. The number of aromatic nitrogens is 2. The molecule has 0 bridgehead atoms. The lowest BCUT2D eigenvalue weighted by atomic mass is 10.1. The van der Waals surface area contributed by atoms with Crippen LogP contribution in [0, 0.1) is 0 Å². The van der Waals surface area contributed by atoms with Crippen molar-refractivity contribution in [3.63, 3.8) is 0 Å². The topological polar surface area (TPSA) is 62.6 Å². The Morgan fingerprint density at radius 2 is 2.17 bits per heavy atom. The summed E-state index contributed by atoms with van der Waals surface area (Å²) in [5.74, 6) is 0.781. The third-order valence-corrected chi connectivity index (χ3v) is 4.72. The first kappa shape index (κ1) is 18.9. The Morgan fingerprint density at radius 3 is 2.79 bits per heavy atom. The number of hydrogen-bond acceptors (Lipinski definition) is 5. The Hall–Kier alpha value is -1.44. The summed E-state index contributed by atoms with van der Waals surface area (Å²) >= 11 is 0. The van der Waals surface area contributed by atoms with E-state index in [1.54, 1.807) is 13.3 Å². The van der Waals surface area contributed by atoms with Gasteiger partial charge in [0, 0.05) is 51.4 Å². The monoisotopic (exact) mass is 337 g/mol. The maximum Gasteiger partial charge on any atom is 0.242 e. The zero-order chi connectivity index (χ0) is 17.7. The highest BCUT2D eigenvalue weighted by atomic mass is 16.5. The number of ether oxygens (including phenoxy) is 1. The van der Waals surface area contributed by atoms with Crippen molar-refractivity contribution < 1.29 is 9.53 Å². The van der Waals surface area contributed by atoms with Gasteiger partial charge in [-0.2, -0.15) is 5.10 Å². The highest BCUT2D eigenvalue weighted by molar-refractivity contribution is 5.93. The average Bonchev–Trinajstić information content (AvgIpc) is 3.01. The lowest BCUT2D eigenvalue weighted by Crippen LogP contribution is -2.57. The van der Waals surface area contributed by atoms with Crippen LogP contribution < -0.4 is 5.32 Å². The third kappa shape index (κ3) is 4.55. The number of nitrogens with one attached hydrogen (secondary N) is 1. The SMILES string of the molecule is COCCN1CCN([C@H](C)C(=O)Nc2ccnn2C(C)C)C[C@H]1C. The second-order valence-corrected chi connectivity index (χ2v) is 6.79. The Bertz CT molecular complexity index is 531. The molecule has 1 aliphatic heterocycles. The first-order valence-electron chi connectivity index (χ1n) is 8.75. The van der Waals surface area contributed by atoms with E-state index < -0.39 is 0 Å². The first-order valence-corrected chi connectivity index (χ1v) is 8.75. The van der Waals surface area contributed by atoms with Crippen LogP contribution in [0.25, 0.3) is 0 Å². The number of nitrogens with zero attached hydrogens (tertiary/aromatic N) is 4. The van der Waals surface area contributed by atoms with E-state index in [4.69, 9.17) is 4.74 Å². The molecule has 1 N–H and O–H groups in total. The number of hydrogen-bond donors (Lipinski definition) is 1. The van der Waals surface area contributed by atoms with Gasteiger partial charge in [0.1, 0.15) is 5.82 Å². The molecule has 0 aromatic carbocycles. The number of carbonyl (C=O) groups excluding carboxylic acids is 1. The number of carbonyl (C=O) groups is 1. The van der Waals surface area contributed by atoms with Gasteiger partial charge in [0.15, 0.2) is 0 Å². The predicted octanol–water partition coefficient (Wildman–Crippen LogP) is 1.44. The number of methoxy groups -OCH3 is 1. The highest BCUT2D eigenvalue weighted by Crippen LogP contribution is 2.16. The molecule has 0 unspecified atom stereocenters. The molecule has 1 fully saturated rings. The average molecular weight is 337 g/mol. The molecule has 1 aromatic heterocycles. The molecule has 1 saturated heterocycles. The van der Waals surface area contributed by atoms with Crippen molar-refractivity contribution in [2.24, 2.45) is 0 Å². The van der Waals surface area contributed by atoms with Gasteiger partial charge in [-0.05, 0) is 27.7 Å². The number of anilines is 1. The fraction of sp³-hybridized carbons (Fsp3) is 0.765. The maximum absolute atomic E-state index is 12.6. The second kappa shape index (κ2) is 8.60. The maximum atomic E-state index is 12.6. The lowest BCUT2D eigenvalue weighted by Gasteiger charge is -2.41. The summed E-state index contributed by atoms with van der Waals surface area (Å²) in [5, 5.41) is 7.28. The van der Waals surface area contributed by atoms with Gasteiger partial charge in [-0.3, -0.25) is 14.6 Å². The molecule has 136 valence electrons. The summed E-state index contributed by atoms with van der Waals surface area (Å²) in [6, 6.07) is 2.32. The Morgan fingerprint density at radius 1 is 1.42 bits per heavy atom. The number of rotatable bonds is 7. The van der Waals surface area contributed by atoms with Crippen LogP contribution in [0.15, 0.2) is 12.3 Å². The van der Waals surface area contributed by atoms with E-state index in [0.717, 1.165) is 38.6 Å². The minimum Gasteiger partial charge on any atom is -0.383 e. The van der Waals surface area contributed by atoms with Crippen LogP contribution in [-0.4, -0.2) is 77.5 Å². The summed E-state index contributed by atoms with van der Waals surface area (Å²) in [7, 11) is 1.73. The summed E-state index contributed by atoms with van der Waals surface area (Å²) in [4.78, 5) is 17.3. The van der Waals surface area contributed by atoms with Crippen molar-refractivity contribution >= 4 is 11.7 Å². The van der Waals surface area contributed by atoms with E-state index in [-0.39, 0.29) is 18.0 Å². The standard InChI is InChI=1S/C17H31N5O2/c1-13(2)22-16(6-7-18-22)19-17(23)15(4)21-9-8-20(10-11-24-5)14(3)12-21/h6-7,13-15H,8-12H2,1-5H3,(H,19,23)/t14-,15-/m1/s1. The number of amides is 1. The van der Waals surface area contributed by atoms with Gasteiger partial charge in [0.05, 0.1) is 18.8 Å². The molecule has 1 amide bonds. The molecule has 0 aliphatic carbocycles. The Balaban J connectivity index is 1.90. The molecule has 1 aromatic rings. The quantitative estimate of drug-likeness (QED) is 0.816. The lowest BCUT2D eigenvalue weighted by molar-refractivity contribution is -0.122. The van der Waals surface area contributed by atoms with Crippen LogP contribution in [0.1, 0.15) is 33.7 Å². The molecule has 7 nitrogen and oxygen atoms in total. The summed E-state index contributed by atoms with van der Waals surface area (Å²) in [6.07, 6.45) is 1.72. The molecule has 2 atom stereocenters. The van der Waals surface area contributed by atoms with E-state index in [9.17, 15) is 4.79 Å². The molecule has 0 radical (unpaired) electrons. The van der Waals surface area contributed by atoms with Crippen molar-refractivity contribution in [2.45, 2.75) is 45.8 Å². The van der Waals surface area contributed by atoms with Crippen molar-refractivity contribution in [2.75, 3.05) is 45.2 Å². The van der Waals surface area contributed by atoms with E-state index in [1.165, 1.54) is 0 Å².